The molecule has 0 rings (SSSR count). The first-order chi connectivity index (χ1) is 40.6. The highest BCUT2D eigenvalue weighted by molar-refractivity contribution is 5.70. The summed E-state index contributed by atoms with van der Waals surface area (Å²) >= 11 is 0. The normalized spacial score (nSPS) is 13.2. The molecule has 1 N–H and O–H groups in total. The molecule has 5 heteroatoms. The average molecular weight is 1130 g/mol. The molecule has 0 aliphatic carbocycles. The molecule has 0 aromatic carbocycles. The molecule has 0 spiro atoms. The number of esters is 2. The van der Waals surface area contributed by atoms with E-state index in [1.54, 1.807) is 0 Å². The Morgan fingerprint density at radius 3 is 0.732 bits per heavy atom. The molecule has 1 atom stereocenters. The molecule has 0 bridgehead atoms. The van der Waals surface area contributed by atoms with Gasteiger partial charge in [-0.25, -0.2) is 0 Å². The molecule has 0 radical (unpaired) electrons. The van der Waals surface area contributed by atoms with Crippen molar-refractivity contribution in [3.8, 4) is 0 Å². The smallest absolute Gasteiger partial charge is 0.306 e. The fraction of sp³-hybridized carbons (Fsp3) is 0.662. The van der Waals surface area contributed by atoms with Gasteiger partial charge in [0.25, 0.3) is 0 Å². The van der Waals surface area contributed by atoms with Gasteiger partial charge in [-0.2, -0.15) is 0 Å². The Morgan fingerprint density at radius 1 is 0.280 bits per heavy atom. The first-order valence-electron chi connectivity index (χ1n) is 34.4. The fourth-order valence-electron chi connectivity index (χ4n) is 9.57. The molecule has 82 heavy (non-hydrogen) atoms. The van der Waals surface area contributed by atoms with Crippen LogP contribution in [0.25, 0.3) is 0 Å². The number of hydrogen-bond donors (Lipinski definition) is 1. The van der Waals surface area contributed by atoms with E-state index >= 15 is 0 Å². The van der Waals surface area contributed by atoms with E-state index in [1.165, 1.54) is 167 Å². The van der Waals surface area contributed by atoms with Crippen LogP contribution in [0.1, 0.15) is 309 Å². The van der Waals surface area contributed by atoms with Crippen molar-refractivity contribution in [2.24, 2.45) is 0 Å². The topological polar surface area (TPSA) is 72.8 Å². The molecule has 466 valence electrons. The van der Waals surface area contributed by atoms with E-state index < -0.39 is 6.10 Å². The maximum atomic E-state index is 12.4. The number of aliphatic hydroxyl groups is 1. The van der Waals surface area contributed by atoms with Crippen molar-refractivity contribution in [2.75, 3.05) is 13.2 Å². The van der Waals surface area contributed by atoms with E-state index in [0.717, 1.165) is 116 Å². The van der Waals surface area contributed by atoms with Gasteiger partial charge in [0.05, 0.1) is 6.61 Å². The highest BCUT2D eigenvalue weighted by Gasteiger charge is 2.16. The van der Waals surface area contributed by atoms with Gasteiger partial charge in [0.15, 0.2) is 6.10 Å². The van der Waals surface area contributed by atoms with Crippen LogP contribution in [0.3, 0.4) is 0 Å². The van der Waals surface area contributed by atoms with Gasteiger partial charge in [0.1, 0.15) is 6.61 Å². The number of carbonyl (C=O) groups excluding carboxylic acids is 2. The second-order valence-electron chi connectivity index (χ2n) is 22.5. The van der Waals surface area contributed by atoms with Gasteiger partial charge < -0.3 is 14.6 Å². The monoisotopic (exact) mass is 1130 g/mol. The Hall–Kier alpha value is -4.22. The summed E-state index contributed by atoms with van der Waals surface area (Å²) in [6, 6.07) is 0. The van der Waals surface area contributed by atoms with Crippen molar-refractivity contribution >= 4 is 11.9 Å². The van der Waals surface area contributed by atoms with Crippen LogP contribution in [0, 0.1) is 0 Å². The van der Waals surface area contributed by atoms with Crippen LogP contribution in [-0.2, 0) is 19.1 Å². The number of aliphatic hydroxyl groups excluding tert-OH is 1. The summed E-state index contributed by atoms with van der Waals surface area (Å²) in [5.74, 6) is -0.590. The summed E-state index contributed by atoms with van der Waals surface area (Å²) in [7, 11) is 0. The maximum absolute atomic E-state index is 12.4. The molecule has 0 amide bonds. The van der Waals surface area contributed by atoms with E-state index in [0.29, 0.717) is 12.8 Å². The maximum Gasteiger partial charge on any atom is 0.306 e. The molecule has 0 saturated heterocycles. The number of unbranched alkanes of at least 4 members (excludes halogenated alkanes) is 30. The second-order valence-corrected chi connectivity index (χ2v) is 22.5. The zero-order chi connectivity index (χ0) is 59.1. The Morgan fingerprint density at radius 2 is 0.488 bits per heavy atom. The summed E-state index contributed by atoms with van der Waals surface area (Å²) in [5, 5.41) is 9.70. The highest BCUT2D eigenvalue weighted by Crippen LogP contribution is 2.17. The van der Waals surface area contributed by atoms with E-state index in [1.807, 2.05) is 0 Å². The predicted octanol–water partition coefficient (Wildman–Crippen LogP) is 24.1. The van der Waals surface area contributed by atoms with E-state index in [-0.39, 0.29) is 25.2 Å². The largest absolute Gasteiger partial charge is 0.462 e. The molecular formula is C77H128O5. The molecule has 0 aliphatic heterocycles. The third-order valence-corrected chi connectivity index (χ3v) is 14.6. The number of hydrogen-bond acceptors (Lipinski definition) is 5. The minimum absolute atomic E-state index is 0.0713. The van der Waals surface area contributed by atoms with Gasteiger partial charge in [-0.05, 0) is 116 Å². The SMILES string of the molecule is CC/C=C\C/C=C\C/C=C\C/C=C\C/C=C\C/C=C\C/C=C\CCCCCCCCCCCCCC(=O)OC(CO)COC(=O)CCCCCCCCCCCCCCCCCCCCC/C=C\C/C=C\C/C=C\C/C=C\C/C=C\CC. The van der Waals surface area contributed by atoms with Crippen LogP contribution in [0.15, 0.2) is 146 Å². The molecule has 1 unspecified atom stereocenters. The highest BCUT2D eigenvalue weighted by atomic mass is 16.6. The zero-order valence-corrected chi connectivity index (χ0v) is 53.5. The average Bonchev–Trinajstić information content (AvgIpc) is 3.49. The molecule has 0 aromatic rings. The summed E-state index contributed by atoms with van der Waals surface area (Å²) < 4.78 is 10.8. The van der Waals surface area contributed by atoms with Crippen molar-refractivity contribution in [3.63, 3.8) is 0 Å². The van der Waals surface area contributed by atoms with Crippen molar-refractivity contribution in [2.45, 2.75) is 315 Å². The first kappa shape index (κ1) is 77.8. The predicted molar refractivity (Wildman–Crippen MR) is 361 cm³/mol. The molecule has 5 nitrogen and oxygen atoms in total. The lowest BCUT2D eigenvalue weighted by Crippen LogP contribution is -2.28. The lowest BCUT2D eigenvalue weighted by Gasteiger charge is -2.15. The summed E-state index contributed by atoms with van der Waals surface area (Å²) in [5.41, 5.74) is 0. The third-order valence-electron chi connectivity index (χ3n) is 14.6. The molecule has 0 saturated carbocycles. The fourth-order valence-corrected chi connectivity index (χ4v) is 9.57. The Kier molecular flexibility index (Phi) is 67.4. The Balaban J connectivity index is 3.49. The number of rotatable bonds is 62. The van der Waals surface area contributed by atoms with Gasteiger partial charge in [0.2, 0.25) is 0 Å². The minimum atomic E-state index is -0.783. The molecular weight excluding hydrogens is 1000 g/mol. The number of carbonyl (C=O) groups is 2. The van der Waals surface area contributed by atoms with Crippen LogP contribution in [0.4, 0.5) is 0 Å². The molecule has 0 fully saturated rings. The standard InChI is InChI=1S/C77H128O5/c1-3-5-7-9-11-13-15-17-19-21-23-25-27-29-31-33-35-37-38-40-41-43-45-47-49-51-53-55-57-59-61-63-65-67-69-71-76(79)81-74-75(73-78)82-77(80)72-70-68-66-64-62-60-58-56-54-52-50-48-46-44-42-39-36-34-32-30-28-26-24-22-20-18-16-14-12-10-8-6-4-2/h5-8,11-14,17-20,23-26,29-32,36,39,44,46,75,78H,3-4,9-10,15-16,21-22,27-28,33-35,37-38,40-43,45,47-74H2,1-2H3/b7-5-,8-6-,13-11-,14-12-,19-17-,20-18-,25-23-,26-24-,31-29-,32-30-,39-36-,46-44-. The summed E-state index contributed by atoms with van der Waals surface area (Å²) in [6.45, 7) is 3.93. The van der Waals surface area contributed by atoms with Gasteiger partial charge >= 0.3 is 11.9 Å². The van der Waals surface area contributed by atoms with Crippen LogP contribution >= 0.6 is 0 Å². The second kappa shape index (κ2) is 71.0. The first-order valence-corrected chi connectivity index (χ1v) is 34.4. The Labute approximate surface area is 508 Å². The zero-order valence-electron chi connectivity index (χ0n) is 53.5. The summed E-state index contributed by atoms with van der Waals surface area (Å²) in [6.07, 6.45) is 107. The van der Waals surface area contributed by atoms with Gasteiger partial charge in [0, 0.05) is 12.8 Å². The van der Waals surface area contributed by atoms with Crippen LogP contribution < -0.4 is 0 Å². The quantitative estimate of drug-likeness (QED) is 0.0373. The van der Waals surface area contributed by atoms with Crippen molar-refractivity contribution in [1.29, 1.82) is 0 Å². The molecule has 0 aromatic heterocycles. The van der Waals surface area contributed by atoms with Crippen molar-refractivity contribution in [1.82, 2.24) is 0 Å². The molecule has 0 heterocycles. The minimum Gasteiger partial charge on any atom is -0.462 e. The van der Waals surface area contributed by atoms with Gasteiger partial charge in [-0.1, -0.05) is 327 Å². The van der Waals surface area contributed by atoms with Crippen molar-refractivity contribution in [3.05, 3.63) is 146 Å². The van der Waals surface area contributed by atoms with E-state index in [9.17, 15) is 14.7 Å². The molecule has 0 aliphatic rings. The lowest BCUT2D eigenvalue weighted by molar-refractivity contribution is -0.161. The van der Waals surface area contributed by atoms with Crippen LogP contribution in [-0.4, -0.2) is 36.4 Å². The van der Waals surface area contributed by atoms with E-state index in [2.05, 4.69) is 160 Å². The number of ether oxygens (including phenoxy) is 2. The van der Waals surface area contributed by atoms with E-state index in [4.69, 9.17) is 9.47 Å². The summed E-state index contributed by atoms with van der Waals surface area (Å²) in [4.78, 5) is 24.7. The number of allylic oxidation sites excluding steroid dienone is 24. The van der Waals surface area contributed by atoms with Crippen molar-refractivity contribution < 1.29 is 24.2 Å². The Bertz CT molecular complexity index is 1710. The third kappa shape index (κ3) is 68.3. The van der Waals surface area contributed by atoms with Gasteiger partial charge in [-0.15, -0.1) is 0 Å². The van der Waals surface area contributed by atoms with Gasteiger partial charge in [-0.3, -0.25) is 9.59 Å². The van der Waals surface area contributed by atoms with Crippen LogP contribution in [0.5, 0.6) is 0 Å². The lowest BCUT2D eigenvalue weighted by atomic mass is 10.0. The van der Waals surface area contributed by atoms with Crippen LogP contribution in [0.2, 0.25) is 0 Å².